The normalized spacial score (nSPS) is 14.7. The van der Waals surface area contributed by atoms with Crippen LogP contribution < -0.4 is 4.74 Å². The summed E-state index contributed by atoms with van der Waals surface area (Å²) in [4.78, 5) is 11.7. The first-order chi connectivity index (χ1) is 7.81. The van der Waals surface area contributed by atoms with E-state index in [1.165, 1.54) is 5.56 Å². The maximum Gasteiger partial charge on any atom is 0.163 e. The Hall–Kier alpha value is -1.31. The number of benzene rings is 1. The van der Waals surface area contributed by atoms with Crippen LogP contribution in [0.25, 0.3) is 0 Å². The van der Waals surface area contributed by atoms with Crippen molar-refractivity contribution >= 4 is 5.78 Å². The lowest BCUT2D eigenvalue weighted by molar-refractivity contribution is 0.0972. The van der Waals surface area contributed by atoms with Crippen LogP contribution in [0.15, 0.2) is 18.2 Å². The first-order valence-electron chi connectivity index (χ1n) is 6.10. The number of carbonyl (C=O) groups is 1. The number of hydrogen-bond donors (Lipinski definition) is 0. The number of carbonyl (C=O) groups excluding carboxylic acids is 1. The largest absolute Gasteiger partial charge is 0.494 e. The third-order valence-corrected chi connectivity index (χ3v) is 3.00. The highest BCUT2D eigenvalue weighted by molar-refractivity contribution is 5.98. The Morgan fingerprint density at radius 1 is 1.31 bits per heavy atom. The van der Waals surface area contributed by atoms with Gasteiger partial charge in [-0.2, -0.15) is 0 Å². The van der Waals surface area contributed by atoms with Crippen molar-refractivity contribution < 1.29 is 9.53 Å². The van der Waals surface area contributed by atoms with Crippen molar-refractivity contribution in [1.29, 1.82) is 0 Å². The van der Waals surface area contributed by atoms with E-state index in [1.54, 1.807) is 0 Å². The molecule has 2 nitrogen and oxygen atoms in total. The van der Waals surface area contributed by atoms with Crippen molar-refractivity contribution in [3.05, 3.63) is 29.3 Å². The molecule has 0 atom stereocenters. The number of ether oxygens (including phenoxy) is 1. The van der Waals surface area contributed by atoms with Gasteiger partial charge in [0, 0.05) is 12.0 Å². The van der Waals surface area contributed by atoms with Crippen molar-refractivity contribution in [3.8, 4) is 5.75 Å². The Morgan fingerprint density at radius 2 is 2.19 bits per heavy atom. The molecule has 2 heteroatoms. The molecule has 0 saturated heterocycles. The van der Waals surface area contributed by atoms with E-state index in [-0.39, 0.29) is 5.78 Å². The van der Waals surface area contributed by atoms with Crippen LogP contribution in [0, 0.1) is 0 Å². The highest BCUT2D eigenvalue weighted by Crippen LogP contribution is 2.25. The molecular formula is C14H18O2. The Labute approximate surface area is 96.6 Å². The molecule has 16 heavy (non-hydrogen) atoms. The smallest absolute Gasteiger partial charge is 0.163 e. The predicted octanol–water partition coefficient (Wildman–Crippen LogP) is 3.38. The lowest BCUT2D eigenvalue weighted by atomic mass is 9.90. The van der Waals surface area contributed by atoms with E-state index >= 15 is 0 Å². The maximum absolute atomic E-state index is 11.7. The van der Waals surface area contributed by atoms with E-state index in [9.17, 15) is 4.79 Å². The van der Waals surface area contributed by atoms with Crippen molar-refractivity contribution in [3.63, 3.8) is 0 Å². The third-order valence-electron chi connectivity index (χ3n) is 3.00. The summed E-state index contributed by atoms with van der Waals surface area (Å²) in [5.41, 5.74) is 2.05. The zero-order valence-electron chi connectivity index (χ0n) is 9.79. The second kappa shape index (κ2) is 5.15. The standard InChI is InChI=1S/C14H18O2/c1-2-3-9-16-12-8-7-11-5-4-6-14(15)13(11)10-12/h7-8,10H,2-6,9H2,1H3. The second-order valence-corrected chi connectivity index (χ2v) is 4.30. The van der Waals surface area contributed by atoms with E-state index in [2.05, 4.69) is 6.92 Å². The topological polar surface area (TPSA) is 26.3 Å². The van der Waals surface area contributed by atoms with Gasteiger partial charge in [0.2, 0.25) is 0 Å². The van der Waals surface area contributed by atoms with Crippen LogP contribution in [0.5, 0.6) is 5.75 Å². The molecule has 0 saturated carbocycles. The molecule has 1 aromatic rings. The molecule has 0 aliphatic heterocycles. The van der Waals surface area contributed by atoms with Gasteiger partial charge in [0.25, 0.3) is 0 Å². The minimum Gasteiger partial charge on any atom is -0.494 e. The van der Waals surface area contributed by atoms with Gasteiger partial charge in [0.1, 0.15) is 5.75 Å². The highest BCUT2D eigenvalue weighted by atomic mass is 16.5. The minimum absolute atomic E-state index is 0.266. The van der Waals surface area contributed by atoms with Crippen molar-refractivity contribution in [2.75, 3.05) is 6.61 Å². The summed E-state index contributed by atoms with van der Waals surface area (Å²) in [7, 11) is 0. The van der Waals surface area contributed by atoms with Crippen LogP contribution >= 0.6 is 0 Å². The lowest BCUT2D eigenvalue weighted by Gasteiger charge is -2.15. The van der Waals surface area contributed by atoms with E-state index in [0.717, 1.165) is 43.6 Å². The number of Topliss-reactive ketones (excluding diaryl/α,β-unsaturated/α-hetero) is 1. The molecule has 1 aromatic carbocycles. The van der Waals surface area contributed by atoms with Gasteiger partial charge in [-0.25, -0.2) is 0 Å². The summed E-state index contributed by atoms with van der Waals surface area (Å²) in [5, 5.41) is 0. The van der Waals surface area contributed by atoms with Crippen molar-refractivity contribution in [2.24, 2.45) is 0 Å². The van der Waals surface area contributed by atoms with E-state index in [0.29, 0.717) is 6.42 Å². The van der Waals surface area contributed by atoms with Crippen LogP contribution in [0.2, 0.25) is 0 Å². The third kappa shape index (κ3) is 2.43. The molecule has 1 aliphatic carbocycles. The van der Waals surface area contributed by atoms with Gasteiger partial charge in [0.15, 0.2) is 5.78 Å². The molecule has 0 radical (unpaired) electrons. The molecule has 2 rings (SSSR count). The van der Waals surface area contributed by atoms with Crippen LogP contribution in [-0.2, 0) is 6.42 Å². The number of ketones is 1. The molecule has 0 heterocycles. The fourth-order valence-electron chi connectivity index (χ4n) is 2.03. The number of rotatable bonds is 4. The first kappa shape index (κ1) is 11.2. The van der Waals surface area contributed by atoms with Gasteiger partial charge in [-0.3, -0.25) is 4.79 Å². The van der Waals surface area contributed by atoms with Crippen molar-refractivity contribution in [2.45, 2.75) is 39.0 Å². The zero-order chi connectivity index (χ0) is 11.4. The van der Waals surface area contributed by atoms with Gasteiger partial charge < -0.3 is 4.74 Å². The Bertz CT molecular complexity index is 382. The van der Waals surface area contributed by atoms with Crippen molar-refractivity contribution in [1.82, 2.24) is 0 Å². The monoisotopic (exact) mass is 218 g/mol. The quantitative estimate of drug-likeness (QED) is 0.724. The van der Waals surface area contributed by atoms with E-state index in [4.69, 9.17) is 4.74 Å². The molecule has 0 N–H and O–H groups in total. The summed E-state index contributed by atoms with van der Waals surface area (Å²) in [6.45, 7) is 2.88. The SMILES string of the molecule is CCCCOc1ccc2c(c1)C(=O)CCC2. The molecular weight excluding hydrogens is 200 g/mol. The van der Waals surface area contributed by atoms with Gasteiger partial charge in [-0.05, 0) is 37.0 Å². The molecule has 0 spiro atoms. The molecule has 0 bridgehead atoms. The predicted molar refractivity (Wildman–Crippen MR) is 64.1 cm³/mol. The maximum atomic E-state index is 11.7. The van der Waals surface area contributed by atoms with E-state index < -0.39 is 0 Å². The highest BCUT2D eigenvalue weighted by Gasteiger charge is 2.17. The number of hydrogen-bond acceptors (Lipinski definition) is 2. The summed E-state index contributed by atoms with van der Waals surface area (Å²) in [6.07, 6.45) is 4.89. The van der Waals surface area contributed by atoms with Crippen LogP contribution in [0.3, 0.4) is 0 Å². The summed E-state index contributed by atoms with van der Waals surface area (Å²) in [5.74, 6) is 1.10. The Morgan fingerprint density at radius 3 is 3.00 bits per heavy atom. The van der Waals surface area contributed by atoms with Crippen LogP contribution in [0.4, 0.5) is 0 Å². The van der Waals surface area contributed by atoms with Gasteiger partial charge in [-0.15, -0.1) is 0 Å². The van der Waals surface area contributed by atoms with Gasteiger partial charge >= 0.3 is 0 Å². The lowest BCUT2D eigenvalue weighted by Crippen LogP contribution is -2.11. The second-order valence-electron chi connectivity index (χ2n) is 4.30. The summed E-state index contributed by atoms with van der Waals surface area (Å²) < 4.78 is 5.61. The average molecular weight is 218 g/mol. The molecule has 0 aromatic heterocycles. The van der Waals surface area contributed by atoms with Crippen LogP contribution in [0.1, 0.15) is 48.5 Å². The fraction of sp³-hybridized carbons (Fsp3) is 0.500. The first-order valence-corrected chi connectivity index (χ1v) is 6.10. The molecule has 0 unspecified atom stereocenters. The Balaban J connectivity index is 2.11. The van der Waals surface area contributed by atoms with Gasteiger partial charge in [0.05, 0.1) is 6.61 Å². The van der Waals surface area contributed by atoms with E-state index in [1.807, 2.05) is 18.2 Å². The van der Waals surface area contributed by atoms with Gasteiger partial charge in [-0.1, -0.05) is 19.4 Å². The average Bonchev–Trinajstić information content (AvgIpc) is 2.30. The molecule has 1 aliphatic rings. The molecule has 86 valence electrons. The zero-order valence-corrected chi connectivity index (χ0v) is 9.79. The number of aryl methyl sites for hydroxylation is 1. The minimum atomic E-state index is 0.266. The molecule has 0 amide bonds. The number of fused-ring (bicyclic) bond motifs is 1. The fourth-order valence-corrected chi connectivity index (χ4v) is 2.03. The van der Waals surface area contributed by atoms with Crippen LogP contribution in [-0.4, -0.2) is 12.4 Å². The number of unbranched alkanes of at least 4 members (excludes halogenated alkanes) is 1. The summed E-state index contributed by atoms with van der Waals surface area (Å²) in [6, 6.07) is 5.92. The summed E-state index contributed by atoms with van der Waals surface area (Å²) >= 11 is 0. The molecule has 0 fully saturated rings. The Kier molecular flexibility index (Phi) is 3.60.